The molecule has 0 aliphatic carbocycles. The molecule has 0 fully saturated rings. The number of hydrogen-bond donors (Lipinski definition) is 0. The minimum absolute atomic E-state index is 0.533. The molecule has 0 spiro atoms. The molecule has 3 aromatic rings. The first-order valence-electron chi connectivity index (χ1n) is 6.98. The Hall–Kier alpha value is -2.62. The quantitative estimate of drug-likeness (QED) is 0.684. The van der Waals surface area contributed by atoms with E-state index in [4.69, 9.17) is 4.74 Å². The van der Waals surface area contributed by atoms with Crippen molar-refractivity contribution < 1.29 is 4.74 Å². The van der Waals surface area contributed by atoms with Gasteiger partial charge in [-0.2, -0.15) is 0 Å². The Morgan fingerprint density at radius 3 is 2.71 bits per heavy atom. The number of rotatable bonds is 1. The van der Waals surface area contributed by atoms with Gasteiger partial charge in [0.25, 0.3) is 0 Å². The van der Waals surface area contributed by atoms with Gasteiger partial charge < -0.3 is 9.64 Å². The maximum atomic E-state index is 6.00. The van der Waals surface area contributed by atoms with Crippen LogP contribution in [0.5, 0.6) is 5.75 Å². The SMILES string of the molecule is Cc1ccc2ccc3c(c2n1)OCN(c1ccncc1)C3. The molecule has 2 aromatic heterocycles. The van der Waals surface area contributed by atoms with Crippen LogP contribution in [0.3, 0.4) is 0 Å². The van der Waals surface area contributed by atoms with Crippen molar-refractivity contribution in [1.29, 1.82) is 0 Å². The second kappa shape index (κ2) is 4.74. The van der Waals surface area contributed by atoms with Gasteiger partial charge in [-0.25, -0.2) is 4.98 Å². The molecule has 4 heteroatoms. The van der Waals surface area contributed by atoms with E-state index >= 15 is 0 Å². The fraction of sp³-hybridized carbons (Fsp3) is 0.176. The third-order valence-electron chi connectivity index (χ3n) is 3.79. The molecule has 0 bridgehead atoms. The monoisotopic (exact) mass is 277 g/mol. The Kier molecular flexibility index (Phi) is 2.74. The normalized spacial score (nSPS) is 13.9. The highest BCUT2D eigenvalue weighted by atomic mass is 16.5. The Labute approximate surface area is 123 Å². The van der Waals surface area contributed by atoms with Crippen LogP contribution >= 0.6 is 0 Å². The summed E-state index contributed by atoms with van der Waals surface area (Å²) in [6.07, 6.45) is 3.60. The number of ether oxygens (including phenoxy) is 1. The van der Waals surface area contributed by atoms with Crippen LogP contribution in [0.1, 0.15) is 11.3 Å². The van der Waals surface area contributed by atoms with Crippen LogP contribution in [-0.4, -0.2) is 16.7 Å². The lowest BCUT2D eigenvalue weighted by atomic mass is 10.1. The molecule has 104 valence electrons. The Balaban J connectivity index is 1.77. The number of aryl methyl sites for hydroxylation is 1. The van der Waals surface area contributed by atoms with E-state index in [1.807, 2.05) is 25.1 Å². The summed E-state index contributed by atoms with van der Waals surface area (Å²) in [6.45, 7) is 3.36. The largest absolute Gasteiger partial charge is 0.470 e. The van der Waals surface area contributed by atoms with Gasteiger partial charge in [-0.15, -0.1) is 0 Å². The van der Waals surface area contributed by atoms with Gasteiger partial charge in [0.1, 0.15) is 5.52 Å². The molecule has 21 heavy (non-hydrogen) atoms. The van der Waals surface area contributed by atoms with Crippen molar-refractivity contribution >= 4 is 16.6 Å². The van der Waals surface area contributed by atoms with E-state index in [-0.39, 0.29) is 0 Å². The summed E-state index contributed by atoms with van der Waals surface area (Å²) in [5, 5.41) is 1.12. The molecule has 1 aromatic carbocycles. The standard InChI is InChI=1S/C17H15N3O/c1-12-2-3-13-4-5-14-10-20(15-6-8-18-9-7-15)11-21-17(14)16(13)19-12/h2-9H,10-11H2,1H3. The zero-order chi connectivity index (χ0) is 14.2. The fourth-order valence-corrected chi connectivity index (χ4v) is 2.70. The Bertz CT molecular complexity index is 802. The molecule has 0 saturated carbocycles. The van der Waals surface area contributed by atoms with E-state index in [1.54, 1.807) is 12.4 Å². The fourth-order valence-electron chi connectivity index (χ4n) is 2.70. The minimum atomic E-state index is 0.533. The average molecular weight is 277 g/mol. The molecule has 0 saturated heterocycles. The highest BCUT2D eigenvalue weighted by Crippen LogP contribution is 2.33. The molecule has 1 aliphatic rings. The number of hydrogen-bond acceptors (Lipinski definition) is 4. The number of anilines is 1. The van der Waals surface area contributed by atoms with Crippen LogP contribution in [0.4, 0.5) is 5.69 Å². The summed E-state index contributed by atoms with van der Waals surface area (Å²) in [5.41, 5.74) is 4.26. The van der Waals surface area contributed by atoms with Crippen molar-refractivity contribution in [3.63, 3.8) is 0 Å². The number of nitrogens with zero attached hydrogens (tertiary/aromatic N) is 3. The van der Waals surface area contributed by atoms with Gasteiger partial charge in [0.2, 0.25) is 0 Å². The molecular formula is C17H15N3O. The lowest BCUT2D eigenvalue weighted by molar-refractivity contribution is 0.292. The third kappa shape index (κ3) is 2.09. The van der Waals surface area contributed by atoms with Crippen molar-refractivity contribution in [3.05, 3.63) is 60.0 Å². The number of benzene rings is 1. The average Bonchev–Trinajstić information content (AvgIpc) is 2.55. The molecule has 4 rings (SSSR count). The van der Waals surface area contributed by atoms with Gasteiger partial charge in [-0.1, -0.05) is 18.2 Å². The second-order valence-corrected chi connectivity index (χ2v) is 5.25. The molecule has 3 heterocycles. The van der Waals surface area contributed by atoms with E-state index in [0.717, 1.165) is 34.6 Å². The molecule has 0 amide bonds. The van der Waals surface area contributed by atoms with E-state index in [9.17, 15) is 0 Å². The molecule has 0 radical (unpaired) electrons. The number of pyridine rings is 2. The smallest absolute Gasteiger partial charge is 0.161 e. The molecule has 4 nitrogen and oxygen atoms in total. The summed E-state index contributed by atoms with van der Waals surface area (Å²) in [6, 6.07) is 12.4. The topological polar surface area (TPSA) is 38.2 Å². The first kappa shape index (κ1) is 12.1. The van der Waals surface area contributed by atoms with Crippen LogP contribution < -0.4 is 9.64 Å². The van der Waals surface area contributed by atoms with Crippen LogP contribution in [0.25, 0.3) is 10.9 Å². The van der Waals surface area contributed by atoms with Gasteiger partial charge in [0.15, 0.2) is 12.5 Å². The summed E-state index contributed by atoms with van der Waals surface area (Å²) in [7, 11) is 0. The van der Waals surface area contributed by atoms with Crippen molar-refractivity contribution in [2.75, 3.05) is 11.6 Å². The maximum Gasteiger partial charge on any atom is 0.161 e. The van der Waals surface area contributed by atoms with Gasteiger partial charge in [0, 0.05) is 41.3 Å². The number of fused-ring (bicyclic) bond motifs is 3. The molecule has 0 atom stereocenters. The first-order valence-corrected chi connectivity index (χ1v) is 6.98. The van der Waals surface area contributed by atoms with Gasteiger partial charge in [-0.3, -0.25) is 4.98 Å². The Morgan fingerprint density at radius 1 is 1.05 bits per heavy atom. The predicted octanol–water partition coefficient (Wildman–Crippen LogP) is 3.29. The highest BCUT2D eigenvalue weighted by Gasteiger charge is 2.20. The minimum Gasteiger partial charge on any atom is -0.470 e. The predicted molar refractivity (Wildman–Crippen MR) is 82.4 cm³/mol. The third-order valence-corrected chi connectivity index (χ3v) is 3.79. The number of aromatic nitrogens is 2. The van der Waals surface area contributed by atoms with E-state index in [0.29, 0.717) is 6.73 Å². The van der Waals surface area contributed by atoms with Crippen LogP contribution in [0.2, 0.25) is 0 Å². The summed E-state index contributed by atoms with van der Waals surface area (Å²) in [5.74, 6) is 0.918. The zero-order valence-corrected chi connectivity index (χ0v) is 11.8. The van der Waals surface area contributed by atoms with Gasteiger partial charge in [-0.05, 0) is 25.1 Å². The van der Waals surface area contributed by atoms with Gasteiger partial charge >= 0.3 is 0 Å². The molecule has 1 aliphatic heterocycles. The maximum absolute atomic E-state index is 6.00. The van der Waals surface area contributed by atoms with Crippen molar-refractivity contribution in [3.8, 4) is 5.75 Å². The molecule has 0 unspecified atom stereocenters. The Morgan fingerprint density at radius 2 is 1.86 bits per heavy atom. The second-order valence-electron chi connectivity index (χ2n) is 5.25. The van der Waals surface area contributed by atoms with Crippen molar-refractivity contribution in [2.45, 2.75) is 13.5 Å². The summed E-state index contributed by atoms with van der Waals surface area (Å²) < 4.78 is 6.00. The van der Waals surface area contributed by atoms with Crippen LogP contribution in [-0.2, 0) is 6.54 Å². The van der Waals surface area contributed by atoms with Crippen molar-refractivity contribution in [1.82, 2.24) is 9.97 Å². The molecular weight excluding hydrogens is 262 g/mol. The zero-order valence-electron chi connectivity index (χ0n) is 11.8. The lowest BCUT2D eigenvalue weighted by Crippen LogP contribution is -2.32. The first-order chi connectivity index (χ1) is 10.3. The lowest BCUT2D eigenvalue weighted by Gasteiger charge is -2.31. The van der Waals surface area contributed by atoms with E-state index in [2.05, 4.69) is 33.1 Å². The van der Waals surface area contributed by atoms with Gasteiger partial charge in [0.05, 0.1) is 0 Å². The summed E-state index contributed by atoms with van der Waals surface area (Å²) >= 11 is 0. The molecule has 0 N–H and O–H groups in total. The van der Waals surface area contributed by atoms with E-state index < -0.39 is 0 Å². The van der Waals surface area contributed by atoms with Crippen molar-refractivity contribution in [2.24, 2.45) is 0 Å². The summed E-state index contributed by atoms with van der Waals surface area (Å²) in [4.78, 5) is 10.9. The van der Waals surface area contributed by atoms with Crippen LogP contribution in [0.15, 0.2) is 48.8 Å². The van der Waals surface area contributed by atoms with E-state index in [1.165, 1.54) is 5.56 Å². The van der Waals surface area contributed by atoms with Crippen LogP contribution in [0, 0.1) is 6.92 Å². The highest BCUT2D eigenvalue weighted by molar-refractivity contribution is 5.86.